The fourth-order valence-corrected chi connectivity index (χ4v) is 1.34. The van der Waals surface area contributed by atoms with Crippen LogP contribution in [-0.2, 0) is 15.8 Å². The van der Waals surface area contributed by atoms with Crippen molar-refractivity contribution >= 4 is 11.7 Å². The number of carbonyl (C=O) groups excluding carboxylic acids is 1. The Labute approximate surface area is 88.5 Å². The first kappa shape index (κ1) is 10.7. The number of rotatable bonds is 1. The van der Waals surface area contributed by atoms with Gasteiger partial charge in [0.05, 0.1) is 17.7 Å². The molecule has 0 bridgehead atoms. The zero-order chi connectivity index (χ0) is 11.8. The van der Waals surface area contributed by atoms with E-state index >= 15 is 0 Å². The van der Waals surface area contributed by atoms with Gasteiger partial charge in [-0.25, -0.2) is 4.79 Å². The van der Waals surface area contributed by atoms with Crippen LogP contribution >= 0.6 is 0 Å². The molecule has 1 aliphatic rings. The molecule has 0 spiro atoms. The first-order chi connectivity index (χ1) is 7.47. The maximum absolute atomic E-state index is 12.4. The van der Waals surface area contributed by atoms with Crippen molar-refractivity contribution in [2.75, 3.05) is 0 Å². The highest BCUT2D eigenvalue weighted by Gasteiger charge is 2.31. The largest absolute Gasteiger partial charge is 0.416 e. The number of carbonyl (C=O) groups is 1. The van der Waals surface area contributed by atoms with Crippen LogP contribution in [0.5, 0.6) is 0 Å². The van der Waals surface area contributed by atoms with E-state index in [1.54, 1.807) is 0 Å². The van der Waals surface area contributed by atoms with E-state index < -0.39 is 17.7 Å². The average Bonchev–Trinajstić information content (AvgIpc) is 2.64. The Hall–Kier alpha value is -1.85. The lowest BCUT2D eigenvalue weighted by atomic mass is 10.0. The second kappa shape index (κ2) is 3.62. The molecule has 0 N–H and O–H groups in total. The van der Waals surface area contributed by atoms with E-state index in [9.17, 15) is 18.0 Å². The van der Waals surface area contributed by atoms with Crippen molar-refractivity contribution in [3.63, 3.8) is 0 Å². The normalized spacial score (nSPS) is 15.9. The van der Waals surface area contributed by atoms with Crippen molar-refractivity contribution in [3.8, 4) is 0 Å². The number of nitrogens with zero attached hydrogens (tertiary/aromatic N) is 1. The molecule has 1 aromatic rings. The number of benzene rings is 1. The van der Waals surface area contributed by atoms with Crippen molar-refractivity contribution in [2.24, 2.45) is 5.16 Å². The zero-order valence-corrected chi connectivity index (χ0v) is 7.91. The summed E-state index contributed by atoms with van der Waals surface area (Å²) in [5, 5.41) is 3.41. The quantitative estimate of drug-likeness (QED) is 0.693. The van der Waals surface area contributed by atoms with E-state index in [-0.39, 0.29) is 17.7 Å². The number of halogens is 3. The van der Waals surface area contributed by atoms with Crippen LogP contribution in [0.2, 0.25) is 0 Å². The van der Waals surface area contributed by atoms with E-state index in [2.05, 4.69) is 9.99 Å². The third-order valence-corrected chi connectivity index (χ3v) is 2.09. The van der Waals surface area contributed by atoms with Crippen LogP contribution in [-0.4, -0.2) is 11.7 Å². The first-order valence-electron chi connectivity index (χ1n) is 4.41. The Kier molecular flexibility index (Phi) is 2.41. The summed E-state index contributed by atoms with van der Waals surface area (Å²) in [6, 6.07) is 4.63. The minimum absolute atomic E-state index is 0.0959. The lowest BCUT2D eigenvalue weighted by Crippen LogP contribution is -2.07. The van der Waals surface area contributed by atoms with Crippen LogP contribution in [0.3, 0.4) is 0 Å². The summed E-state index contributed by atoms with van der Waals surface area (Å²) in [6.07, 6.45) is -4.50. The van der Waals surface area contributed by atoms with Crippen molar-refractivity contribution in [3.05, 3.63) is 35.4 Å². The standard InChI is InChI=1S/C10H6F3NO2/c11-10(12,13)7-3-1-2-6(4-7)8-5-9(15)16-14-8/h1-4H,5H2. The number of alkyl halides is 3. The van der Waals surface area contributed by atoms with Gasteiger partial charge in [0.2, 0.25) is 0 Å². The van der Waals surface area contributed by atoms with Crippen LogP contribution in [0.1, 0.15) is 17.5 Å². The van der Waals surface area contributed by atoms with Crippen LogP contribution in [0, 0.1) is 0 Å². The van der Waals surface area contributed by atoms with Crippen molar-refractivity contribution in [2.45, 2.75) is 12.6 Å². The fourth-order valence-electron chi connectivity index (χ4n) is 1.34. The van der Waals surface area contributed by atoms with Crippen molar-refractivity contribution < 1.29 is 22.8 Å². The second-order valence-electron chi connectivity index (χ2n) is 3.26. The molecule has 0 radical (unpaired) electrons. The topological polar surface area (TPSA) is 38.7 Å². The molecule has 0 aliphatic carbocycles. The van der Waals surface area contributed by atoms with Crippen LogP contribution < -0.4 is 0 Å². The molecule has 0 amide bonds. The highest BCUT2D eigenvalue weighted by Crippen LogP contribution is 2.30. The summed E-state index contributed by atoms with van der Waals surface area (Å²) in [5.41, 5.74) is -0.302. The van der Waals surface area contributed by atoms with Crippen molar-refractivity contribution in [1.29, 1.82) is 0 Å². The fraction of sp³-hybridized carbons (Fsp3) is 0.200. The second-order valence-corrected chi connectivity index (χ2v) is 3.26. The van der Waals surface area contributed by atoms with Gasteiger partial charge in [-0.3, -0.25) is 0 Å². The van der Waals surface area contributed by atoms with E-state index in [1.165, 1.54) is 12.1 Å². The van der Waals surface area contributed by atoms with E-state index in [0.29, 0.717) is 0 Å². The van der Waals surface area contributed by atoms with Gasteiger partial charge >= 0.3 is 12.1 Å². The number of hydrogen-bond donors (Lipinski definition) is 0. The molecule has 0 fully saturated rings. The highest BCUT2D eigenvalue weighted by molar-refractivity contribution is 6.11. The van der Waals surface area contributed by atoms with E-state index in [4.69, 9.17) is 0 Å². The first-order valence-corrected chi connectivity index (χ1v) is 4.41. The zero-order valence-electron chi connectivity index (χ0n) is 7.91. The third-order valence-electron chi connectivity index (χ3n) is 2.09. The molecule has 0 aromatic heterocycles. The Morgan fingerprint density at radius 2 is 2.06 bits per heavy atom. The minimum Gasteiger partial charge on any atom is -0.318 e. The van der Waals surface area contributed by atoms with Crippen LogP contribution in [0.15, 0.2) is 29.4 Å². The molecule has 1 heterocycles. The predicted molar refractivity (Wildman–Crippen MR) is 48.7 cm³/mol. The van der Waals surface area contributed by atoms with E-state index in [0.717, 1.165) is 12.1 Å². The highest BCUT2D eigenvalue weighted by atomic mass is 19.4. The van der Waals surface area contributed by atoms with Gasteiger partial charge in [-0.05, 0) is 12.1 Å². The number of hydrogen-bond acceptors (Lipinski definition) is 3. The van der Waals surface area contributed by atoms with Crippen LogP contribution in [0.4, 0.5) is 13.2 Å². The molecule has 1 aromatic carbocycles. The minimum atomic E-state index is -4.40. The molecule has 16 heavy (non-hydrogen) atoms. The lowest BCUT2D eigenvalue weighted by Gasteiger charge is -2.07. The molecule has 6 heteroatoms. The number of oxime groups is 1. The summed E-state index contributed by atoms with van der Waals surface area (Å²) < 4.78 is 37.2. The molecular weight excluding hydrogens is 223 g/mol. The Morgan fingerprint density at radius 3 is 2.62 bits per heavy atom. The average molecular weight is 229 g/mol. The van der Waals surface area contributed by atoms with Crippen molar-refractivity contribution in [1.82, 2.24) is 0 Å². The lowest BCUT2D eigenvalue weighted by molar-refractivity contribution is -0.140. The molecule has 0 atom stereocenters. The Morgan fingerprint density at radius 1 is 1.31 bits per heavy atom. The third kappa shape index (κ3) is 2.05. The summed E-state index contributed by atoms with van der Waals surface area (Å²) >= 11 is 0. The van der Waals surface area contributed by atoms with Gasteiger partial charge in [0.15, 0.2) is 0 Å². The van der Waals surface area contributed by atoms with Gasteiger partial charge in [-0.15, -0.1) is 0 Å². The summed E-state index contributed by atoms with van der Waals surface area (Å²) in [7, 11) is 0. The van der Waals surface area contributed by atoms with Gasteiger partial charge in [0.25, 0.3) is 0 Å². The van der Waals surface area contributed by atoms with Gasteiger partial charge in [-0.2, -0.15) is 13.2 Å². The SMILES string of the molecule is O=C1CC(c2cccc(C(F)(F)F)c2)=NO1. The monoisotopic (exact) mass is 229 g/mol. The molecule has 3 nitrogen and oxygen atoms in total. The van der Waals surface area contributed by atoms with Gasteiger partial charge in [0, 0.05) is 5.56 Å². The van der Waals surface area contributed by atoms with Gasteiger partial charge < -0.3 is 4.84 Å². The predicted octanol–water partition coefficient (Wildman–Crippen LogP) is 2.36. The Bertz CT molecular complexity index is 465. The van der Waals surface area contributed by atoms with Gasteiger partial charge in [-0.1, -0.05) is 17.3 Å². The summed E-state index contributed by atoms with van der Waals surface area (Å²) in [5.74, 6) is -0.563. The van der Waals surface area contributed by atoms with E-state index in [1.807, 2.05) is 0 Å². The van der Waals surface area contributed by atoms with Gasteiger partial charge in [0.1, 0.15) is 0 Å². The molecule has 84 valence electrons. The molecule has 1 aliphatic heterocycles. The molecule has 2 rings (SSSR count). The molecule has 0 saturated heterocycles. The molecular formula is C10H6F3NO2. The maximum Gasteiger partial charge on any atom is 0.416 e. The molecule has 0 saturated carbocycles. The maximum atomic E-state index is 12.4. The van der Waals surface area contributed by atoms with Crippen LogP contribution in [0.25, 0.3) is 0 Å². The molecule has 0 unspecified atom stereocenters. The smallest absolute Gasteiger partial charge is 0.318 e. The summed E-state index contributed by atoms with van der Waals surface area (Å²) in [6.45, 7) is 0. The summed E-state index contributed by atoms with van der Waals surface area (Å²) in [4.78, 5) is 15.1. The Balaban J connectivity index is 2.33.